The molecule has 0 spiro atoms. The minimum Gasteiger partial charge on any atom is -0.484 e. The number of ether oxygens (including phenoxy) is 1. The lowest BCUT2D eigenvalue weighted by atomic mass is 9.79. The first kappa shape index (κ1) is 41.5. The highest BCUT2D eigenvalue weighted by atomic mass is 16.5. The van der Waals surface area contributed by atoms with Crippen LogP contribution < -0.4 is 4.74 Å². The first-order valence-corrected chi connectivity index (χ1v) is 25.5. The lowest BCUT2D eigenvalue weighted by Gasteiger charge is -2.26. The number of hydrogen-bond donors (Lipinski definition) is 0. The zero-order valence-electron chi connectivity index (χ0n) is 40.0. The summed E-state index contributed by atoms with van der Waals surface area (Å²) in [6, 6.07) is 91.6. The number of benzene rings is 13. The van der Waals surface area contributed by atoms with Gasteiger partial charge in [0, 0.05) is 17.1 Å². The number of rotatable bonds is 6. The van der Waals surface area contributed by atoms with Crippen molar-refractivity contribution < 1.29 is 4.74 Å². The van der Waals surface area contributed by atoms with E-state index < -0.39 is 0 Å². The van der Waals surface area contributed by atoms with Crippen molar-refractivity contribution in [2.45, 2.75) is 12.0 Å². The highest BCUT2D eigenvalue weighted by Gasteiger charge is 2.39. The van der Waals surface area contributed by atoms with E-state index in [-0.39, 0.29) is 12.0 Å². The van der Waals surface area contributed by atoms with Gasteiger partial charge in [0.25, 0.3) is 0 Å². The Morgan fingerprint density at radius 1 is 0.288 bits per heavy atom. The minimum atomic E-state index is -0.180. The van der Waals surface area contributed by atoms with Crippen molar-refractivity contribution in [2.75, 3.05) is 0 Å². The second-order valence-corrected chi connectivity index (χ2v) is 19.7. The number of fused-ring (bicyclic) bond motifs is 9. The van der Waals surface area contributed by atoms with E-state index in [9.17, 15) is 0 Å². The van der Waals surface area contributed by atoms with E-state index in [1.807, 2.05) is 0 Å². The predicted octanol–water partition coefficient (Wildman–Crippen LogP) is 19.4. The van der Waals surface area contributed by atoms with Gasteiger partial charge in [-0.1, -0.05) is 255 Å². The molecular formula is C72H46O. The van der Waals surface area contributed by atoms with Crippen LogP contribution in [0.4, 0.5) is 0 Å². The lowest BCUT2D eigenvalue weighted by molar-refractivity contribution is 0.278. The molecule has 340 valence electrons. The van der Waals surface area contributed by atoms with E-state index in [4.69, 9.17) is 4.74 Å². The molecule has 0 N–H and O–H groups in total. The van der Waals surface area contributed by atoms with Crippen molar-refractivity contribution in [3.63, 3.8) is 0 Å². The molecule has 2 atom stereocenters. The zero-order chi connectivity index (χ0) is 48.0. The van der Waals surface area contributed by atoms with Crippen LogP contribution in [0.15, 0.2) is 267 Å². The monoisotopic (exact) mass is 926 g/mol. The third-order valence-electron chi connectivity index (χ3n) is 15.8. The summed E-state index contributed by atoms with van der Waals surface area (Å²) >= 11 is 0. The normalized spacial score (nSPS) is 15.0. The van der Waals surface area contributed by atoms with Gasteiger partial charge in [-0.3, -0.25) is 0 Å². The van der Waals surface area contributed by atoms with E-state index in [0.717, 1.165) is 5.75 Å². The Morgan fingerprint density at radius 2 is 0.644 bits per heavy atom. The second-order valence-electron chi connectivity index (χ2n) is 19.7. The third kappa shape index (κ3) is 6.56. The first-order valence-electron chi connectivity index (χ1n) is 25.5. The van der Waals surface area contributed by atoms with Crippen molar-refractivity contribution in [3.8, 4) is 61.4 Å². The maximum absolute atomic E-state index is 7.16. The van der Waals surface area contributed by atoms with Gasteiger partial charge in [-0.2, -0.15) is 0 Å². The topological polar surface area (TPSA) is 9.23 Å². The zero-order valence-corrected chi connectivity index (χ0v) is 40.0. The van der Waals surface area contributed by atoms with Gasteiger partial charge in [-0.05, 0) is 138 Å². The summed E-state index contributed by atoms with van der Waals surface area (Å²) in [4.78, 5) is 0. The molecule has 1 heterocycles. The van der Waals surface area contributed by atoms with Gasteiger partial charge in [-0.15, -0.1) is 0 Å². The smallest absolute Gasteiger partial charge is 0.135 e. The van der Waals surface area contributed by atoms with E-state index in [2.05, 4.69) is 267 Å². The average molecular weight is 927 g/mol. The van der Waals surface area contributed by atoms with Gasteiger partial charge >= 0.3 is 0 Å². The number of hydrogen-bond acceptors (Lipinski definition) is 1. The summed E-state index contributed by atoms with van der Waals surface area (Å²) in [6.45, 7) is 0. The molecule has 0 amide bonds. The average Bonchev–Trinajstić information content (AvgIpc) is 3.84. The van der Waals surface area contributed by atoms with Crippen LogP contribution in [0.1, 0.15) is 17.0 Å². The molecule has 0 fully saturated rings. The van der Waals surface area contributed by atoms with E-state index in [0.29, 0.717) is 0 Å². The van der Waals surface area contributed by atoms with Crippen LogP contribution in [0.2, 0.25) is 0 Å². The summed E-state index contributed by atoms with van der Waals surface area (Å²) in [5, 5.41) is 15.0. The Balaban J connectivity index is 0.816. The Kier molecular flexibility index (Phi) is 9.47. The fourth-order valence-corrected chi connectivity index (χ4v) is 12.6. The maximum atomic E-state index is 7.16. The Bertz CT molecular complexity index is 4330. The first-order chi connectivity index (χ1) is 36.2. The van der Waals surface area contributed by atoms with Crippen molar-refractivity contribution in [3.05, 3.63) is 278 Å². The van der Waals surface area contributed by atoms with Crippen molar-refractivity contribution in [2.24, 2.45) is 0 Å². The Hall–Kier alpha value is -9.30. The molecule has 1 nitrogen and oxygen atoms in total. The van der Waals surface area contributed by atoms with Crippen molar-refractivity contribution in [1.82, 2.24) is 0 Å². The highest BCUT2D eigenvalue weighted by Crippen LogP contribution is 2.52. The molecule has 0 bridgehead atoms. The molecular weight excluding hydrogens is 881 g/mol. The standard InChI is InChI=1S/C72H46O/c1-3-20-52-45(16-1)18-13-30-54(52)47-34-38-49(39-35-47)68-56-22-5-7-24-58(56)70(59-25-8-6-23-57(59)68)51-42-43-67-66(44-51)64-32-15-33-65(72(64)73-67)71-62-28-11-9-26-60(62)69(61-27-10-12-29-63(61)71)50-40-36-48(37-41-50)55-31-14-19-46-17-2-4-21-53(46)55/h1-44,64,72H. The molecule has 0 saturated carbocycles. The maximum Gasteiger partial charge on any atom is 0.135 e. The number of allylic oxidation sites excluding steroid dienone is 2. The van der Waals surface area contributed by atoms with Crippen LogP contribution >= 0.6 is 0 Å². The lowest BCUT2D eigenvalue weighted by Crippen LogP contribution is -2.21. The van der Waals surface area contributed by atoms with Crippen LogP contribution in [0.3, 0.4) is 0 Å². The molecule has 0 saturated heterocycles. The summed E-state index contributed by atoms with van der Waals surface area (Å²) in [5.41, 5.74) is 16.0. The van der Waals surface area contributed by atoms with Crippen LogP contribution in [0, 0.1) is 0 Å². The van der Waals surface area contributed by atoms with Gasteiger partial charge in [0.2, 0.25) is 0 Å². The van der Waals surface area contributed by atoms with E-state index >= 15 is 0 Å². The Labute approximate surface area is 424 Å². The molecule has 1 heteroatoms. The van der Waals surface area contributed by atoms with Crippen molar-refractivity contribution >= 4 is 70.2 Å². The Morgan fingerprint density at radius 3 is 1.10 bits per heavy atom. The molecule has 0 radical (unpaired) electrons. The quantitative estimate of drug-likeness (QED) is 0.151. The SMILES string of the molecule is C1=CC2c3cc(-c4c5ccccc5c(-c5ccc(-c6cccc7ccccc67)cc5)c5ccccc45)ccc3OC2C(c2c3ccccc3c(-c3ccc(-c4cccc5ccccc45)cc3)c3ccccc23)=C1. The van der Waals surface area contributed by atoms with Gasteiger partial charge in [0.15, 0.2) is 0 Å². The fourth-order valence-electron chi connectivity index (χ4n) is 12.6. The molecule has 0 aromatic heterocycles. The minimum absolute atomic E-state index is 0.0470. The van der Waals surface area contributed by atoms with Crippen molar-refractivity contribution in [1.29, 1.82) is 0 Å². The van der Waals surface area contributed by atoms with E-state index in [1.165, 1.54) is 137 Å². The van der Waals surface area contributed by atoms with Gasteiger partial charge in [-0.25, -0.2) is 0 Å². The predicted molar refractivity (Wildman–Crippen MR) is 309 cm³/mol. The molecule has 73 heavy (non-hydrogen) atoms. The summed E-state index contributed by atoms with van der Waals surface area (Å²) in [7, 11) is 0. The summed E-state index contributed by atoms with van der Waals surface area (Å²) < 4.78 is 7.16. The third-order valence-corrected chi connectivity index (χ3v) is 15.8. The molecule has 2 unspecified atom stereocenters. The van der Waals surface area contributed by atoms with Crippen LogP contribution in [-0.2, 0) is 0 Å². The highest BCUT2D eigenvalue weighted by molar-refractivity contribution is 6.22. The molecule has 1 aliphatic heterocycles. The summed E-state index contributed by atoms with van der Waals surface area (Å²) in [5.74, 6) is 0.995. The van der Waals surface area contributed by atoms with E-state index in [1.54, 1.807) is 0 Å². The van der Waals surface area contributed by atoms with Gasteiger partial charge in [0.1, 0.15) is 11.9 Å². The molecule has 13 aromatic rings. The van der Waals surface area contributed by atoms with Crippen LogP contribution in [0.25, 0.3) is 126 Å². The van der Waals surface area contributed by atoms with Gasteiger partial charge < -0.3 is 4.74 Å². The second kappa shape index (κ2) is 16.7. The summed E-state index contributed by atoms with van der Waals surface area (Å²) in [6.07, 6.45) is 6.73. The molecule has 2 aliphatic rings. The molecule has 1 aliphatic carbocycles. The van der Waals surface area contributed by atoms with Crippen LogP contribution in [-0.4, -0.2) is 6.10 Å². The largest absolute Gasteiger partial charge is 0.484 e. The van der Waals surface area contributed by atoms with Gasteiger partial charge in [0.05, 0.1) is 0 Å². The molecule has 15 rings (SSSR count). The van der Waals surface area contributed by atoms with Crippen LogP contribution in [0.5, 0.6) is 5.75 Å². The molecule has 13 aromatic carbocycles. The fraction of sp³-hybridized carbons (Fsp3) is 0.0278.